The highest BCUT2D eigenvalue weighted by molar-refractivity contribution is 5.97. The Bertz CT molecular complexity index is 704. The third-order valence-corrected chi connectivity index (χ3v) is 4.62. The van der Waals surface area contributed by atoms with Crippen molar-refractivity contribution in [3.05, 3.63) is 53.5 Å². The molecule has 0 amide bonds. The van der Waals surface area contributed by atoms with Crippen molar-refractivity contribution in [1.82, 2.24) is 9.97 Å². The quantitative estimate of drug-likeness (QED) is 0.798. The van der Waals surface area contributed by atoms with Crippen molar-refractivity contribution in [3.8, 4) is 0 Å². The van der Waals surface area contributed by atoms with Gasteiger partial charge in [-0.25, -0.2) is 9.97 Å². The topological polar surface area (TPSA) is 46.1 Å². The number of ketones is 1. The lowest BCUT2D eigenvalue weighted by atomic mass is 9.89. The Morgan fingerprint density at radius 1 is 1.12 bits per heavy atom. The Balaban J connectivity index is 1.68. The number of rotatable bonds is 4. The zero-order valence-electron chi connectivity index (χ0n) is 14.7. The molecule has 4 heteroatoms. The van der Waals surface area contributed by atoms with Gasteiger partial charge < -0.3 is 4.90 Å². The molecular formula is C20H25N3O. The van der Waals surface area contributed by atoms with Crippen LogP contribution in [0.1, 0.15) is 54.5 Å². The number of carbonyl (C=O) groups is 1. The Morgan fingerprint density at radius 2 is 1.79 bits per heavy atom. The van der Waals surface area contributed by atoms with Crippen molar-refractivity contribution in [2.75, 3.05) is 18.0 Å². The SMILES string of the molecule is Cc1cc(N2CCC(C(=O)c3ccccc3)CC2)nc(C(C)C)n1. The van der Waals surface area contributed by atoms with Crippen LogP contribution in [0, 0.1) is 12.8 Å². The summed E-state index contributed by atoms with van der Waals surface area (Å²) in [5, 5.41) is 0. The first-order valence-electron chi connectivity index (χ1n) is 8.74. The maximum Gasteiger partial charge on any atom is 0.166 e. The summed E-state index contributed by atoms with van der Waals surface area (Å²) in [6, 6.07) is 11.7. The fourth-order valence-electron chi connectivity index (χ4n) is 3.20. The lowest BCUT2D eigenvalue weighted by Gasteiger charge is -2.32. The predicted molar refractivity (Wildman–Crippen MR) is 96.6 cm³/mol. The molecule has 3 rings (SSSR count). The van der Waals surface area contributed by atoms with Gasteiger partial charge in [0.2, 0.25) is 0 Å². The Morgan fingerprint density at radius 3 is 2.42 bits per heavy atom. The van der Waals surface area contributed by atoms with E-state index in [1.807, 2.05) is 43.3 Å². The summed E-state index contributed by atoms with van der Waals surface area (Å²) in [6.45, 7) is 7.99. The van der Waals surface area contributed by atoms with E-state index in [-0.39, 0.29) is 11.7 Å². The van der Waals surface area contributed by atoms with Crippen LogP contribution in [0.15, 0.2) is 36.4 Å². The van der Waals surface area contributed by atoms with Gasteiger partial charge in [0, 0.05) is 42.2 Å². The second-order valence-corrected chi connectivity index (χ2v) is 6.87. The summed E-state index contributed by atoms with van der Waals surface area (Å²) >= 11 is 0. The molecule has 4 nitrogen and oxygen atoms in total. The van der Waals surface area contributed by atoms with Crippen molar-refractivity contribution in [3.63, 3.8) is 0 Å². The molecule has 0 bridgehead atoms. The van der Waals surface area contributed by atoms with Gasteiger partial charge in [-0.05, 0) is 19.8 Å². The van der Waals surface area contributed by atoms with Crippen LogP contribution in [0.5, 0.6) is 0 Å². The van der Waals surface area contributed by atoms with E-state index in [2.05, 4.69) is 23.7 Å². The Labute approximate surface area is 143 Å². The molecule has 2 aromatic rings. The normalized spacial score (nSPS) is 15.8. The zero-order chi connectivity index (χ0) is 17.1. The zero-order valence-corrected chi connectivity index (χ0v) is 14.7. The van der Waals surface area contributed by atoms with Gasteiger partial charge in [-0.3, -0.25) is 4.79 Å². The molecule has 1 aliphatic heterocycles. The second kappa shape index (κ2) is 7.12. The molecule has 24 heavy (non-hydrogen) atoms. The molecular weight excluding hydrogens is 298 g/mol. The molecule has 1 aromatic carbocycles. The van der Waals surface area contributed by atoms with Gasteiger partial charge in [0.15, 0.2) is 5.78 Å². The van der Waals surface area contributed by atoms with E-state index in [4.69, 9.17) is 4.98 Å². The van der Waals surface area contributed by atoms with Crippen LogP contribution in [0.3, 0.4) is 0 Å². The van der Waals surface area contributed by atoms with E-state index in [1.54, 1.807) is 0 Å². The largest absolute Gasteiger partial charge is 0.356 e. The standard InChI is InChI=1S/C20H25N3O/c1-14(2)20-21-15(3)13-18(22-20)23-11-9-17(10-12-23)19(24)16-7-5-4-6-8-16/h4-8,13-14,17H,9-12H2,1-3H3. The van der Waals surface area contributed by atoms with Crippen molar-refractivity contribution >= 4 is 11.6 Å². The van der Waals surface area contributed by atoms with Crippen molar-refractivity contribution < 1.29 is 4.79 Å². The average molecular weight is 323 g/mol. The molecule has 1 fully saturated rings. The van der Waals surface area contributed by atoms with Gasteiger partial charge in [-0.15, -0.1) is 0 Å². The summed E-state index contributed by atoms with van der Waals surface area (Å²) in [5.74, 6) is 2.61. The fourth-order valence-corrected chi connectivity index (χ4v) is 3.20. The summed E-state index contributed by atoms with van der Waals surface area (Å²) < 4.78 is 0. The van der Waals surface area contributed by atoms with Crippen LogP contribution in [0.25, 0.3) is 0 Å². The van der Waals surface area contributed by atoms with Crippen LogP contribution < -0.4 is 4.90 Å². The number of Topliss-reactive ketones (excluding diaryl/α,β-unsaturated/α-hetero) is 1. The highest BCUT2D eigenvalue weighted by atomic mass is 16.1. The van der Waals surface area contributed by atoms with Gasteiger partial charge in [-0.2, -0.15) is 0 Å². The number of aryl methyl sites for hydroxylation is 1. The Hall–Kier alpha value is -2.23. The van der Waals surface area contributed by atoms with E-state index < -0.39 is 0 Å². The molecule has 1 saturated heterocycles. The molecule has 0 saturated carbocycles. The molecule has 0 atom stereocenters. The number of hydrogen-bond acceptors (Lipinski definition) is 4. The van der Waals surface area contributed by atoms with E-state index >= 15 is 0 Å². The monoisotopic (exact) mass is 323 g/mol. The molecule has 1 aliphatic rings. The third kappa shape index (κ3) is 3.64. The first-order chi connectivity index (χ1) is 11.5. The fraction of sp³-hybridized carbons (Fsp3) is 0.450. The summed E-state index contributed by atoms with van der Waals surface area (Å²) in [5.41, 5.74) is 1.84. The molecule has 0 radical (unpaired) electrons. The second-order valence-electron chi connectivity index (χ2n) is 6.87. The minimum atomic E-state index is 0.121. The van der Waals surface area contributed by atoms with Crippen LogP contribution in [0.2, 0.25) is 0 Å². The number of anilines is 1. The first-order valence-corrected chi connectivity index (χ1v) is 8.74. The van der Waals surface area contributed by atoms with Gasteiger partial charge in [0.25, 0.3) is 0 Å². The summed E-state index contributed by atoms with van der Waals surface area (Å²) in [7, 11) is 0. The smallest absolute Gasteiger partial charge is 0.166 e. The highest BCUT2D eigenvalue weighted by Gasteiger charge is 2.26. The van der Waals surface area contributed by atoms with Crippen LogP contribution >= 0.6 is 0 Å². The van der Waals surface area contributed by atoms with Crippen LogP contribution in [-0.2, 0) is 0 Å². The molecule has 1 aromatic heterocycles. The number of hydrogen-bond donors (Lipinski definition) is 0. The third-order valence-electron chi connectivity index (χ3n) is 4.62. The van der Waals surface area contributed by atoms with Crippen LogP contribution in [0.4, 0.5) is 5.82 Å². The molecule has 0 spiro atoms. The van der Waals surface area contributed by atoms with Gasteiger partial charge in [0.05, 0.1) is 0 Å². The lowest BCUT2D eigenvalue weighted by molar-refractivity contribution is 0.0900. The molecule has 0 N–H and O–H groups in total. The molecule has 2 heterocycles. The maximum atomic E-state index is 12.6. The van der Waals surface area contributed by atoms with Crippen molar-refractivity contribution in [2.45, 2.75) is 39.5 Å². The molecule has 126 valence electrons. The van der Waals surface area contributed by atoms with Gasteiger partial charge in [0.1, 0.15) is 11.6 Å². The molecule has 0 unspecified atom stereocenters. The van der Waals surface area contributed by atoms with Gasteiger partial charge >= 0.3 is 0 Å². The lowest BCUT2D eigenvalue weighted by Crippen LogP contribution is -2.37. The number of benzene rings is 1. The highest BCUT2D eigenvalue weighted by Crippen LogP contribution is 2.26. The molecule has 0 aliphatic carbocycles. The summed E-state index contributed by atoms with van der Waals surface area (Å²) in [4.78, 5) is 24.1. The maximum absolute atomic E-state index is 12.6. The number of nitrogens with zero attached hydrogens (tertiary/aromatic N) is 3. The van der Waals surface area contributed by atoms with Crippen molar-refractivity contribution in [1.29, 1.82) is 0 Å². The van der Waals surface area contributed by atoms with E-state index in [0.29, 0.717) is 5.92 Å². The minimum absolute atomic E-state index is 0.121. The van der Waals surface area contributed by atoms with E-state index in [9.17, 15) is 4.79 Å². The predicted octanol–water partition coefficient (Wildman–Crippen LogP) is 4.01. The van der Waals surface area contributed by atoms with E-state index in [0.717, 1.165) is 48.8 Å². The Kier molecular flexibility index (Phi) is 4.93. The minimum Gasteiger partial charge on any atom is -0.356 e. The summed E-state index contributed by atoms with van der Waals surface area (Å²) in [6.07, 6.45) is 1.77. The van der Waals surface area contributed by atoms with Crippen molar-refractivity contribution in [2.24, 2.45) is 5.92 Å². The number of aromatic nitrogens is 2. The van der Waals surface area contributed by atoms with Gasteiger partial charge in [-0.1, -0.05) is 44.2 Å². The number of piperidine rings is 1. The van der Waals surface area contributed by atoms with Crippen LogP contribution in [-0.4, -0.2) is 28.8 Å². The van der Waals surface area contributed by atoms with E-state index in [1.165, 1.54) is 0 Å². The number of carbonyl (C=O) groups excluding carboxylic acids is 1. The first kappa shape index (κ1) is 16.6. The average Bonchev–Trinajstić information content (AvgIpc) is 2.61.